The molecule has 1 saturated heterocycles. The molecule has 0 unspecified atom stereocenters. The Kier molecular flexibility index (Phi) is 9.16. The highest BCUT2D eigenvalue weighted by atomic mass is 35.5. The van der Waals surface area contributed by atoms with E-state index in [1.807, 2.05) is 31.2 Å². The molecule has 1 amide bonds. The van der Waals surface area contributed by atoms with Crippen LogP contribution in [-0.4, -0.2) is 67.7 Å². The summed E-state index contributed by atoms with van der Waals surface area (Å²) in [5.74, 6) is -0.197. The number of sulfonamides is 1. The highest BCUT2D eigenvalue weighted by molar-refractivity contribution is 7.89. The van der Waals surface area contributed by atoms with E-state index in [4.69, 9.17) is 11.6 Å². The van der Waals surface area contributed by atoms with E-state index in [2.05, 4.69) is 29.2 Å². The van der Waals surface area contributed by atoms with Crippen molar-refractivity contribution in [3.63, 3.8) is 0 Å². The molecule has 0 N–H and O–H groups in total. The average Bonchev–Trinajstić information content (AvgIpc) is 2.89. The molecule has 1 aliphatic rings. The maximum atomic E-state index is 13.5. The Morgan fingerprint density at radius 3 is 2.32 bits per heavy atom. The highest BCUT2D eigenvalue weighted by Crippen LogP contribution is 2.21. The smallest absolute Gasteiger partial charge is 0.243 e. The zero-order valence-electron chi connectivity index (χ0n) is 21.0. The molecular formula is C29H32ClN3O3S. The molecule has 6 nitrogen and oxygen atoms in total. The molecule has 0 saturated carbocycles. The number of aryl methyl sites for hydroxylation is 1. The third-order valence-corrected chi connectivity index (χ3v) is 8.46. The summed E-state index contributed by atoms with van der Waals surface area (Å²) < 4.78 is 28.3. The molecule has 1 fully saturated rings. The van der Waals surface area contributed by atoms with Crippen LogP contribution in [0, 0.1) is 6.92 Å². The molecule has 0 spiro atoms. The van der Waals surface area contributed by atoms with Crippen LogP contribution >= 0.6 is 11.6 Å². The Balaban J connectivity index is 1.41. The third kappa shape index (κ3) is 7.52. The number of benzene rings is 3. The van der Waals surface area contributed by atoms with Crippen LogP contribution in [0.2, 0.25) is 5.02 Å². The predicted octanol–water partition coefficient (Wildman–Crippen LogP) is 4.70. The van der Waals surface area contributed by atoms with Crippen molar-refractivity contribution in [3.05, 3.63) is 107 Å². The summed E-state index contributed by atoms with van der Waals surface area (Å²) in [7, 11) is -3.89. The van der Waals surface area contributed by atoms with Gasteiger partial charge in [-0.1, -0.05) is 83.9 Å². The molecule has 3 aromatic rings. The molecule has 8 heteroatoms. The van der Waals surface area contributed by atoms with Crippen molar-refractivity contribution in [2.75, 3.05) is 39.3 Å². The van der Waals surface area contributed by atoms with Gasteiger partial charge in [-0.25, -0.2) is 8.42 Å². The molecular weight excluding hydrogens is 506 g/mol. The first-order valence-corrected chi connectivity index (χ1v) is 14.2. The zero-order chi connectivity index (χ0) is 26.3. The van der Waals surface area contributed by atoms with Crippen molar-refractivity contribution in [2.45, 2.75) is 18.4 Å². The summed E-state index contributed by atoms with van der Waals surface area (Å²) in [5.41, 5.74) is 2.85. The van der Waals surface area contributed by atoms with Crippen molar-refractivity contribution in [1.29, 1.82) is 0 Å². The lowest BCUT2D eigenvalue weighted by atomic mass is 10.2. The maximum absolute atomic E-state index is 13.5. The second-order valence-electron chi connectivity index (χ2n) is 9.21. The molecule has 4 rings (SSSR count). The number of carbonyl (C=O) groups excluding carboxylic acids is 1. The summed E-state index contributed by atoms with van der Waals surface area (Å²) in [5, 5.41) is 0.522. The van der Waals surface area contributed by atoms with E-state index in [0.29, 0.717) is 18.1 Å². The van der Waals surface area contributed by atoms with E-state index >= 15 is 0 Å². The second-order valence-corrected chi connectivity index (χ2v) is 11.6. The molecule has 0 aliphatic carbocycles. The van der Waals surface area contributed by atoms with E-state index in [0.717, 1.165) is 36.3 Å². The average molecular weight is 538 g/mol. The van der Waals surface area contributed by atoms with Crippen LogP contribution in [-0.2, 0) is 21.4 Å². The third-order valence-electron chi connectivity index (χ3n) is 6.42. The van der Waals surface area contributed by atoms with Crippen molar-refractivity contribution in [2.24, 2.45) is 0 Å². The second kappa shape index (κ2) is 12.5. The Hall–Kier alpha value is -2.97. The summed E-state index contributed by atoms with van der Waals surface area (Å²) in [6.07, 6.45) is 4.23. The normalized spacial score (nSPS) is 14.9. The van der Waals surface area contributed by atoms with Crippen molar-refractivity contribution in [3.8, 4) is 0 Å². The van der Waals surface area contributed by atoms with Crippen LogP contribution in [0.4, 0.5) is 0 Å². The summed E-state index contributed by atoms with van der Waals surface area (Å²) in [4.78, 5) is 17.5. The van der Waals surface area contributed by atoms with E-state index in [9.17, 15) is 13.2 Å². The van der Waals surface area contributed by atoms with Crippen LogP contribution < -0.4 is 0 Å². The lowest BCUT2D eigenvalue weighted by molar-refractivity contribution is -0.133. The van der Waals surface area contributed by atoms with Gasteiger partial charge in [0.2, 0.25) is 15.9 Å². The van der Waals surface area contributed by atoms with Crippen LogP contribution in [0.15, 0.2) is 89.8 Å². The SMILES string of the molecule is Cc1ccc(S(=O)(=O)N(CC(=O)N2CCN(C/C=C/c3ccccc3)CC2)Cc2cccc(Cl)c2)cc1. The monoisotopic (exact) mass is 537 g/mol. The topological polar surface area (TPSA) is 60.9 Å². The fourth-order valence-electron chi connectivity index (χ4n) is 4.26. The zero-order valence-corrected chi connectivity index (χ0v) is 22.5. The van der Waals surface area contributed by atoms with Gasteiger partial charge in [0.25, 0.3) is 0 Å². The maximum Gasteiger partial charge on any atom is 0.243 e. The van der Waals surface area contributed by atoms with Crippen LogP contribution in [0.1, 0.15) is 16.7 Å². The van der Waals surface area contributed by atoms with Crippen molar-refractivity contribution in [1.82, 2.24) is 14.1 Å². The number of carbonyl (C=O) groups is 1. The van der Waals surface area contributed by atoms with E-state index in [1.54, 1.807) is 47.4 Å². The minimum Gasteiger partial charge on any atom is -0.339 e. The van der Waals surface area contributed by atoms with Crippen molar-refractivity contribution >= 4 is 33.6 Å². The lowest BCUT2D eigenvalue weighted by Gasteiger charge is -2.35. The van der Waals surface area contributed by atoms with Gasteiger partial charge in [-0.2, -0.15) is 4.31 Å². The van der Waals surface area contributed by atoms with Crippen LogP contribution in [0.25, 0.3) is 6.08 Å². The van der Waals surface area contributed by atoms with E-state index in [-0.39, 0.29) is 23.9 Å². The van der Waals surface area contributed by atoms with Gasteiger partial charge < -0.3 is 4.90 Å². The largest absolute Gasteiger partial charge is 0.339 e. The predicted molar refractivity (Wildman–Crippen MR) is 149 cm³/mol. The first-order chi connectivity index (χ1) is 17.8. The molecule has 0 radical (unpaired) electrons. The Bertz CT molecular complexity index is 1320. The number of hydrogen-bond donors (Lipinski definition) is 0. The molecule has 0 bridgehead atoms. The summed E-state index contributed by atoms with van der Waals surface area (Å²) >= 11 is 6.14. The summed E-state index contributed by atoms with van der Waals surface area (Å²) in [6.45, 7) is 5.15. The number of amides is 1. The first-order valence-electron chi connectivity index (χ1n) is 12.3. The molecule has 1 heterocycles. The van der Waals surface area contributed by atoms with E-state index in [1.165, 1.54) is 4.31 Å². The van der Waals surface area contributed by atoms with Gasteiger partial charge in [0, 0.05) is 44.3 Å². The number of piperazine rings is 1. The molecule has 3 aromatic carbocycles. The molecule has 194 valence electrons. The number of hydrogen-bond acceptors (Lipinski definition) is 4. The first kappa shape index (κ1) is 27.1. The molecule has 0 atom stereocenters. The van der Waals surface area contributed by atoms with Crippen molar-refractivity contribution < 1.29 is 13.2 Å². The van der Waals surface area contributed by atoms with Crippen LogP contribution in [0.3, 0.4) is 0 Å². The highest BCUT2D eigenvalue weighted by Gasteiger charge is 2.30. The number of halogens is 1. The summed E-state index contributed by atoms with van der Waals surface area (Å²) in [6, 6.07) is 23.9. The number of rotatable bonds is 9. The molecule has 0 aromatic heterocycles. The van der Waals surface area contributed by atoms with Gasteiger partial charge in [-0.3, -0.25) is 9.69 Å². The minimum atomic E-state index is -3.89. The lowest BCUT2D eigenvalue weighted by Crippen LogP contribution is -2.51. The molecule has 37 heavy (non-hydrogen) atoms. The van der Waals surface area contributed by atoms with Gasteiger partial charge in [0.15, 0.2) is 0 Å². The quantitative estimate of drug-likeness (QED) is 0.397. The minimum absolute atomic E-state index is 0.0623. The number of nitrogens with zero attached hydrogens (tertiary/aromatic N) is 3. The fraction of sp³-hybridized carbons (Fsp3) is 0.276. The Morgan fingerprint density at radius 1 is 0.946 bits per heavy atom. The van der Waals surface area contributed by atoms with Gasteiger partial charge >= 0.3 is 0 Å². The van der Waals surface area contributed by atoms with Gasteiger partial charge in [-0.15, -0.1) is 0 Å². The van der Waals surface area contributed by atoms with Gasteiger partial charge in [0.05, 0.1) is 11.4 Å². The Labute approximate surface area is 224 Å². The molecule has 1 aliphatic heterocycles. The van der Waals surface area contributed by atoms with E-state index < -0.39 is 10.0 Å². The Morgan fingerprint density at radius 2 is 1.65 bits per heavy atom. The van der Waals surface area contributed by atoms with Gasteiger partial charge in [0.1, 0.15) is 0 Å². The standard InChI is InChI=1S/C29H32ClN3O3S/c1-24-12-14-28(15-13-24)37(35,36)33(22-26-9-5-11-27(30)21-26)23-29(34)32-19-17-31(18-20-32)16-6-10-25-7-3-2-4-8-25/h2-15,21H,16-20,22-23H2,1H3/b10-6+. The fourth-order valence-corrected chi connectivity index (χ4v) is 5.85. The van der Waals surface area contributed by atoms with Gasteiger partial charge in [-0.05, 0) is 42.3 Å². The van der Waals surface area contributed by atoms with Crippen LogP contribution in [0.5, 0.6) is 0 Å².